The number of nitrogens with zero attached hydrogens (tertiary/aromatic N) is 2. The lowest BCUT2D eigenvalue weighted by Crippen LogP contribution is -2.30. The number of amidine groups is 1. The lowest BCUT2D eigenvalue weighted by Gasteiger charge is -2.18. The molecule has 0 atom stereocenters. The number of amides is 1. The molecule has 0 bridgehead atoms. The Hall–Kier alpha value is -2.77. The van der Waals surface area contributed by atoms with E-state index < -0.39 is 0 Å². The molecule has 1 amide bonds. The highest BCUT2D eigenvalue weighted by Gasteiger charge is 2.32. The number of hydrogen-bond acceptors (Lipinski definition) is 6. The van der Waals surface area contributed by atoms with Gasteiger partial charge in [0.05, 0.1) is 30.7 Å². The molecule has 29 heavy (non-hydrogen) atoms. The first-order valence-electron chi connectivity index (χ1n) is 8.67. The average Bonchev–Trinajstić information content (AvgIpc) is 3.02. The Labute approximate surface area is 178 Å². The van der Waals surface area contributed by atoms with Crippen molar-refractivity contribution in [1.29, 1.82) is 0 Å². The largest absolute Gasteiger partial charge is 0.497 e. The SMILES string of the molecule is COc1ccc(C=C2N=C(SCC(C)=O)N(c3ccc(Cl)c(OC)c3)C2=O)cc1. The number of carbonyl (C=O) groups is 2. The number of Topliss-reactive ketones (excluding diaryl/α,β-unsaturated/α-hetero) is 1. The summed E-state index contributed by atoms with van der Waals surface area (Å²) in [5, 5.41) is 0.862. The highest BCUT2D eigenvalue weighted by Crippen LogP contribution is 2.34. The van der Waals surface area contributed by atoms with Crippen LogP contribution in [0.3, 0.4) is 0 Å². The van der Waals surface area contributed by atoms with Crippen molar-refractivity contribution < 1.29 is 19.1 Å². The molecule has 150 valence electrons. The number of anilines is 1. The highest BCUT2D eigenvalue weighted by molar-refractivity contribution is 8.14. The van der Waals surface area contributed by atoms with E-state index in [9.17, 15) is 9.59 Å². The Bertz CT molecular complexity index is 1000. The smallest absolute Gasteiger partial charge is 0.283 e. The number of ketones is 1. The summed E-state index contributed by atoms with van der Waals surface area (Å²) in [7, 11) is 3.10. The molecule has 0 unspecified atom stereocenters. The third-order valence-electron chi connectivity index (χ3n) is 4.05. The van der Waals surface area contributed by atoms with E-state index in [4.69, 9.17) is 21.1 Å². The third-order valence-corrected chi connectivity index (χ3v) is 5.44. The van der Waals surface area contributed by atoms with Crippen LogP contribution in [-0.4, -0.2) is 36.8 Å². The van der Waals surface area contributed by atoms with Gasteiger partial charge >= 0.3 is 0 Å². The van der Waals surface area contributed by atoms with Gasteiger partial charge in [-0.05, 0) is 42.8 Å². The van der Waals surface area contributed by atoms with Crippen LogP contribution in [0.1, 0.15) is 12.5 Å². The number of thioether (sulfide) groups is 1. The molecule has 0 spiro atoms. The van der Waals surface area contributed by atoms with Crippen LogP contribution < -0.4 is 14.4 Å². The van der Waals surface area contributed by atoms with Gasteiger partial charge in [-0.2, -0.15) is 0 Å². The molecule has 0 fully saturated rings. The summed E-state index contributed by atoms with van der Waals surface area (Å²) in [6, 6.07) is 12.3. The van der Waals surface area contributed by atoms with Gasteiger partial charge in [0.25, 0.3) is 5.91 Å². The van der Waals surface area contributed by atoms with Crippen LogP contribution >= 0.6 is 23.4 Å². The molecule has 8 heteroatoms. The number of carbonyl (C=O) groups excluding carboxylic acids is 2. The quantitative estimate of drug-likeness (QED) is 0.634. The van der Waals surface area contributed by atoms with Crippen LogP contribution in [0.5, 0.6) is 11.5 Å². The number of halogens is 1. The summed E-state index contributed by atoms with van der Waals surface area (Å²) >= 11 is 7.32. The minimum atomic E-state index is -0.295. The lowest BCUT2D eigenvalue weighted by molar-refractivity contribution is -0.115. The Morgan fingerprint density at radius 2 is 1.90 bits per heavy atom. The molecule has 0 saturated carbocycles. The number of ether oxygens (including phenoxy) is 2. The predicted octanol–water partition coefficient (Wildman–Crippen LogP) is 4.42. The minimum absolute atomic E-state index is 0.00799. The van der Waals surface area contributed by atoms with Gasteiger partial charge in [-0.1, -0.05) is 35.5 Å². The lowest BCUT2D eigenvalue weighted by atomic mass is 10.2. The highest BCUT2D eigenvalue weighted by atomic mass is 35.5. The topological polar surface area (TPSA) is 68.2 Å². The Kier molecular flexibility index (Phi) is 6.61. The third kappa shape index (κ3) is 4.81. The average molecular weight is 431 g/mol. The first kappa shape index (κ1) is 21.0. The molecule has 1 heterocycles. The second-order valence-corrected chi connectivity index (χ2v) is 7.50. The summed E-state index contributed by atoms with van der Waals surface area (Å²) in [6.45, 7) is 1.49. The fraction of sp³-hybridized carbons (Fsp3) is 0.190. The fourth-order valence-electron chi connectivity index (χ4n) is 2.63. The predicted molar refractivity (Wildman–Crippen MR) is 117 cm³/mol. The standard InChI is InChI=1S/C21H19ClN2O4S/c1-13(25)12-29-21-23-18(10-14-4-7-16(27-2)8-5-14)20(26)24(21)15-6-9-17(22)19(11-15)28-3/h4-11H,12H2,1-3H3. The first-order valence-corrected chi connectivity index (χ1v) is 10.0. The number of methoxy groups -OCH3 is 2. The summed E-state index contributed by atoms with van der Waals surface area (Å²) in [5.74, 6) is 1.08. The van der Waals surface area contributed by atoms with Crippen LogP contribution in [0.25, 0.3) is 6.08 Å². The van der Waals surface area contributed by atoms with Gasteiger partial charge in [0.15, 0.2) is 5.17 Å². The van der Waals surface area contributed by atoms with Crippen molar-refractivity contribution in [3.05, 3.63) is 58.7 Å². The first-order chi connectivity index (χ1) is 13.9. The van der Waals surface area contributed by atoms with E-state index in [1.54, 1.807) is 31.4 Å². The zero-order valence-corrected chi connectivity index (χ0v) is 17.7. The molecule has 0 aliphatic carbocycles. The second kappa shape index (κ2) is 9.15. The van der Waals surface area contributed by atoms with Crippen molar-refractivity contribution in [1.82, 2.24) is 0 Å². The molecule has 1 aliphatic rings. The van der Waals surface area contributed by atoms with Gasteiger partial charge in [-0.25, -0.2) is 4.99 Å². The molecule has 6 nitrogen and oxygen atoms in total. The maximum absolute atomic E-state index is 13.1. The summed E-state index contributed by atoms with van der Waals surface area (Å²) < 4.78 is 10.4. The zero-order chi connectivity index (χ0) is 21.0. The number of aliphatic imine (C=N–C) groups is 1. The Balaban J connectivity index is 1.98. The minimum Gasteiger partial charge on any atom is -0.497 e. The van der Waals surface area contributed by atoms with Crippen molar-refractivity contribution >= 4 is 52.0 Å². The fourth-order valence-corrected chi connectivity index (χ4v) is 3.64. The van der Waals surface area contributed by atoms with E-state index in [0.29, 0.717) is 21.6 Å². The van der Waals surface area contributed by atoms with Crippen molar-refractivity contribution in [3.8, 4) is 11.5 Å². The maximum Gasteiger partial charge on any atom is 0.283 e. The van der Waals surface area contributed by atoms with Crippen molar-refractivity contribution in [2.24, 2.45) is 4.99 Å². The molecular weight excluding hydrogens is 412 g/mol. The van der Waals surface area contributed by atoms with Crippen LogP contribution in [0.15, 0.2) is 53.2 Å². The summed E-state index contributed by atoms with van der Waals surface area (Å²) in [6.07, 6.45) is 1.70. The van der Waals surface area contributed by atoms with E-state index in [-0.39, 0.29) is 23.1 Å². The molecule has 0 N–H and O–H groups in total. The Morgan fingerprint density at radius 1 is 1.17 bits per heavy atom. The van der Waals surface area contributed by atoms with Crippen molar-refractivity contribution in [2.75, 3.05) is 24.9 Å². The summed E-state index contributed by atoms with van der Waals surface area (Å²) in [4.78, 5) is 30.5. The monoisotopic (exact) mass is 430 g/mol. The second-order valence-electron chi connectivity index (χ2n) is 6.15. The van der Waals surface area contributed by atoms with E-state index in [0.717, 1.165) is 11.3 Å². The van der Waals surface area contributed by atoms with Gasteiger partial charge < -0.3 is 9.47 Å². The van der Waals surface area contributed by atoms with Gasteiger partial charge in [0.2, 0.25) is 0 Å². The van der Waals surface area contributed by atoms with E-state index in [2.05, 4.69) is 4.99 Å². The van der Waals surface area contributed by atoms with Gasteiger partial charge in [-0.15, -0.1) is 0 Å². The molecule has 1 aliphatic heterocycles. The van der Waals surface area contributed by atoms with Gasteiger partial charge in [-0.3, -0.25) is 14.5 Å². The molecule has 0 saturated heterocycles. The molecular formula is C21H19ClN2O4S. The van der Waals surface area contributed by atoms with Gasteiger partial charge in [0, 0.05) is 6.07 Å². The zero-order valence-electron chi connectivity index (χ0n) is 16.1. The normalized spacial score (nSPS) is 14.9. The molecule has 2 aromatic rings. The number of benzene rings is 2. The van der Waals surface area contributed by atoms with E-state index in [1.165, 1.54) is 30.7 Å². The Morgan fingerprint density at radius 3 is 2.52 bits per heavy atom. The van der Waals surface area contributed by atoms with Crippen molar-refractivity contribution in [3.63, 3.8) is 0 Å². The van der Waals surface area contributed by atoms with Crippen LogP contribution in [0, 0.1) is 0 Å². The number of rotatable bonds is 6. The maximum atomic E-state index is 13.1. The molecule has 0 radical (unpaired) electrons. The van der Waals surface area contributed by atoms with E-state index in [1.807, 2.05) is 24.3 Å². The van der Waals surface area contributed by atoms with Gasteiger partial charge in [0.1, 0.15) is 23.0 Å². The molecule has 2 aromatic carbocycles. The van der Waals surface area contributed by atoms with Crippen LogP contribution in [0.2, 0.25) is 5.02 Å². The summed E-state index contributed by atoms with van der Waals surface area (Å²) in [5.41, 5.74) is 1.64. The molecule has 3 rings (SSSR count). The van der Waals surface area contributed by atoms with Crippen LogP contribution in [0.4, 0.5) is 5.69 Å². The van der Waals surface area contributed by atoms with E-state index >= 15 is 0 Å². The molecule has 0 aromatic heterocycles. The van der Waals surface area contributed by atoms with Crippen LogP contribution in [-0.2, 0) is 9.59 Å². The number of hydrogen-bond donors (Lipinski definition) is 0. The van der Waals surface area contributed by atoms with Crippen molar-refractivity contribution in [2.45, 2.75) is 6.92 Å².